The Hall–Kier alpha value is -5.38. The Morgan fingerprint density at radius 3 is 2.02 bits per heavy atom. The summed E-state index contributed by atoms with van der Waals surface area (Å²) >= 11 is 9.61. The maximum absolute atomic E-state index is 14.4. The highest BCUT2D eigenvalue weighted by Crippen LogP contribution is 2.50. The van der Waals surface area contributed by atoms with Gasteiger partial charge in [-0.1, -0.05) is 84.4 Å². The number of carbonyl (C=O) groups excluding carboxylic acids is 3. The average Bonchev–Trinajstić information content (AvgIpc) is 3.17. The zero-order chi connectivity index (χ0) is 36.6. The Labute approximate surface area is 321 Å². The minimum atomic E-state index is -0.787. The van der Waals surface area contributed by atoms with E-state index in [1.54, 1.807) is 24.3 Å². The number of rotatable bonds is 8. The van der Waals surface area contributed by atoms with Crippen LogP contribution in [0.4, 0.5) is 16.2 Å². The summed E-state index contributed by atoms with van der Waals surface area (Å²) in [6.07, 6.45) is 3.27. The van der Waals surface area contributed by atoms with Crippen LogP contribution in [-0.4, -0.2) is 38.0 Å². The largest absolute Gasteiger partial charge is 0.493 e. The van der Waals surface area contributed by atoms with Crippen molar-refractivity contribution in [2.45, 2.75) is 31.3 Å². The van der Waals surface area contributed by atoms with E-state index in [0.29, 0.717) is 32.2 Å². The number of nitrogens with one attached hydrogen (secondary N) is 1. The Morgan fingerprint density at radius 1 is 0.830 bits per heavy atom. The van der Waals surface area contributed by atoms with Crippen molar-refractivity contribution in [1.82, 2.24) is 5.32 Å². The fraction of sp³-hybridized carbons (Fsp3) is 0.186. The molecule has 1 N–H and O–H groups in total. The fourth-order valence-corrected chi connectivity index (χ4v) is 8.43. The number of benzene rings is 5. The lowest BCUT2D eigenvalue weighted by Gasteiger charge is -2.44. The van der Waals surface area contributed by atoms with Crippen LogP contribution in [0.15, 0.2) is 119 Å². The van der Waals surface area contributed by atoms with Gasteiger partial charge in [-0.3, -0.25) is 14.9 Å². The van der Waals surface area contributed by atoms with E-state index < -0.39 is 17.8 Å². The molecule has 3 aliphatic heterocycles. The molecule has 10 heteroatoms. The number of hydrogen-bond acceptors (Lipinski definition) is 6. The summed E-state index contributed by atoms with van der Waals surface area (Å²) < 4.78 is 12.3. The van der Waals surface area contributed by atoms with Gasteiger partial charge in [-0.2, -0.15) is 0 Å². The van der Waals surface area contributed by atoms with E-state index in [2.05, 4.69) is 50.4 Å². The summed E-state index contributed by atoms with van der Waals surface area (Å²) in [5.41, 5.74) is 7.33. The number of nitrogens with zero attached hydrogens (tertiary/aromatic N) is 2. The number of ether oxygens (including phenoxy) is 2. The van der Waals surface area contributed by atoms with Crippen LogP contribution < -0.4 is 24.6 Å². The normalized spacial score (nSPS) is 18.8. The van der Waals surface area contributed by atoms with Crippen LogP contribution in [0.2, 0.25) is 5.02 Å². The predicted octanol–water partition coefficient (Wildman–Crippen LogP) is 9.23. The zero-order valence-corrected chi connectivity index (χ0v) is 31.2. The number of urea groups is 1. The van der Waals surface area contributed by atoms with Crippen molar-refractivity contribution in [3.8, 4) is 11.5 Å². The number of hydrogen-bond donors (Lipinski definition) is 1. The lowest BCUT2D eigenvalue weighted by Crippen LogP contribution is -2.54. The summed E-state index contributed by atoms with van der Waals surface area (Å²) in [7, 11) is 1.52. The minimum Gasteiger partial charge on any atom is -0.493 e. The van der Waals surface area contributed by atoms with E-state index in [4.69, 9.17) is 21.1 Å². The van der Waals surface area contributed by atoms with Gasteiger partial charge < -0.3 is 14.4 Å². The average molecular weight is 789 g/mol. The highest BCUT2D eigenvalue weighted by Gasteiger charge is 2.40. The first-order valence-electron chi connectivity index (χ1n) is 17.5. The molecule has 2 atom stereocenters. The van der Waals surface area contributed by atoms with Crippen molar-refractivity contribution in [3.05, 3.63) is 158 Å². The van der Waals surface area contributed by atoms with E-state index in [1.807, 2.05) is 60.7 Å². The molecule has 5 aromatic rings. The maximum Gasteiger partial charge on any atom is 0.335 e. The van der Waals surface area contributed by atoms with Crippen molar-refractivity contribution in [2.75, 3.05) is 30.0 Å². The Kier molecular flexibility index (Phi) is 9.53. The third kappa shape index (κ3) is 6.71. The number of anilines is 2. The van der Waals surface area contributed by atoms with Gasteiger partial charge in [-0.05, 0) is 105 Å². The van der Waals surface area contributed by atoms with Gasteiger partial charge in [0.2, 0.25) is 0 Å². The third-order valence-electron chi connectivity index (χ3n) is 10.2. The molecule has 5 aromatic carbocycles. The molecule has 0 radical (unpaired) electrons. The molecule has 1 fully saturated rings. The molecule has 0 spiro atoms. The van der Waals surface area contributed by atoms with Gasteiger partial charge in [0.05, 0.1) is 17.3 Å². The molecule has 53 heavy (non-hydrogen) atoms. The maximum atomic E-state index is 14.4. The lowest BCUT2D eigenvalue weighted by molar-refractivity contribution is -0.122. The highest BCUT2D eigenvalue weighted by molar-refractivity contribution is 9.10. The van der Waals surface area contributed by atoms with Crippen molar-refractivity contribution < 1.29 is 23.9 Å². The molecule has 8 nitrogen and oxygen atoms in total. The zero-order valence-electron chi connectivity index (χ0n) is 28.9. The Morgan fingerprint density at radius 2 is 1.43 bits per heavy atom. The molecule has 0 aromatic heterocycles. The smallest absolute Gasteiger partial charge is 0.335 e. The molecule has 1 saturated heterocycles. The van der Waals surface area contributed by atoms with E-state index in [1.165, 1.54) is 30.0 Å². The van der Waals surface area contributed by atoms with Gasteiger partial charge in [-0.15, -0.1) is 0 Å². The van der Waals surface area contributed by atoms with Gasteiger partial charge in [-0.25, -0.2) is 9.69 Å². The number of halogens is 2. The van der Waals surface area contributed by atoms with Gasteiger partial charge in [0.1, 0.15) is 12.2 Å². The van der Waals surface area contributed by atoms with Crippen LogP contribution in [0.1, 0.15) is 58.1 Å². The SMILES string of the molecule is COc1cc(/C=C2\C(=O)NC(=O)N(c3cc4c5c(c3)[C@@H](c3ccccc3)CCN5CC[C@@H]4c3ccccc3)C2=O)cc(Br)c1OCc1ccc(Cl)cc1. The molecular weight excluding hydrogens is 754 g/mol. The van der Waals surface area contributed by atoms with Crippen LogP contribution >= 0.6 is 27.5 Å². The van der Waals surface area contributed by atoms with Gasteiger partial charge >= 0.3 is 6.03 Å². The van der Waals surface area contributed by atoms with Crippen LogP contribution in [0.25, 0.3) is 6.08 Å². The van der Waals surface area contributed by atoms with E-state index in [9.17, 15) is 14.4 Å². The van der Waals surface area contributed by atoms with Crippen molar-refractivity contribution in [3.63, 3.8) is 0 Å². The lowest BCUT2D eigenvalue weighted by atomic mass is 9.76. The first-order chi connectivity index (χ1) is 25.8. The third-order valence-corrected chi connectivity index (χ3v) is 11.1. The van der Waals surface area contributed by atoms with Crippen LogP contribution in [0, 0.1) is 0 Å². The van der Waals surface area contributed by atoms with Gasteiger partial charge in [0.25, 0.3) is 11.8 Å². The number of barbiturate groups is 1. The number of imide groups is 2. The van der Waals surface area contributed by atoms with Gasteiger partial charge in [0, 0.05) is 35.6 Å². The van der Waals surface area contributed by atoms with Crippen LogP contribution in [0.5, 0.6) is 11.5 Å². The van der Waals surface area contributed by atoms with Crippen LogP contribution in [0.3, 0.4) is 0 Å². The number of amides is 4. The monoisotopic (exact) mass is 787 g/mol. The topological polar surface area (TPSA) is 88.2 Å². The second-order valence-electron chi connectivity index (χ2n) is 13.4. The number of carbonyl (C=O) groups is 3. The second-order valence-corrected chi connectivity index (χ2v) is 14.7. The molecule has 0 aliphatic carbocycles. The molecule has 0 bridgehead atoms. The first-order valence-corrected chi connectivity index (χ1v) is 18.6. The highest BCUT2D eigenvalue weighted by atomic mass is 79.9. The predicted molar refractivity (Wildman–Crippen MR) is 210 cm³/mol. The molecule has 3 aliphatic rings. The Balaban J connectivity index is 1.18. The Bertz CT molecular complexity index is 2190. The number of methoxy groups -OCH3 is 1. The summed E-state index contributed by atoms with van der Waals surface area (Å²) in [6.45, 7) is 2.09. The molecular formula is C43H35BrClN3O5. The molecule has 0 unspecified atom stereocenters. The quantitative estimate of drug-likeness (QED) is 0.125. The van der Waals surface area contributed by atoms with Gasteiger partial charge in [0.15, 0.2) is 11.5 Å². The van der Waals surface area contributed by atoms with Crippen molar-refractivity contribution >= 4 is 62.8 Å². The molecule has 0 saturated carbocycles. The summed E-state index contributed by atoms with van der Waals surface area (Å²) in [5, 5.41) is 3.05. The van der Waals surface area contributed by atoms with E-state index >= 15 is 0 Å². The van der Waals surface area contributed by atoms with Crippen molar-refractivity contribution in [1.29, 1.82) is 0 Å². The van der Waals surface area contributed by atoms with Crippen LogP contribution in [-0.2, 0) is 16.2 Å². The first kappa shape index (κ1) is 34.7. The van der Waals surface area contributed by atoms with E-state index in [-0.39, 0.29) is 24.0 Å². The molecule has 266 valence electrons. The molecule has 8 rings (SSSR count). The second kappa shape index (κ2) is 14.6. The fourth-order valence-electron chi connectivity index (χ4n) is 7.73. The molecule has 4 amide bonds. The standard InChI is InChI=1S/C43H35BrClN3O5/c1-52-38-22-27(21-37(44)40(38)53-25-26-12-14-30(45)15-13-26)20-36-41(49)46-43(51)48(42(36)50)31-23-34-32(28-8-4-2-5-9-28)16-18-47-19-17-33(35(24-31)39(34)47)29-10-6-3-7-11-29/h2-15,20-24,32-33H,16-19,25H2,1H3,(H,46,49,51)/b36-20+/t32-,33-/m1/s1. The van der Waals surface area contributed by atoms with Crippen molar-refractivity contribution in [2.24, 2.45) is 0 Å². The minimum absolute atomic E-state index is 0.0699. The summed E-state index contributed by atoms with van der Waals surface area (Å²) in [6, 6.07) is 34.6. The summed E-state index contributed by atoms with van der Waals surface area (Å²) in [4.78, 5) is 44.9. The summed E-state index contributed by atoms with van der Waals surface area (Å²) in [5.74, 6) is -0.488. The van der Waals surface area contributed by atoms with E-state index in [0.717, 1.165) is 47.5 Å². The molecule has 3 heterocycles.